The molecule has 8 heteroatoms. The lowest BCUT2D eigenvalue weighted by Gasteiger charge is -2.08. The van der Waals surface area contributed by atoms with E-state index in [0.29, 0.717) is 18.4 Å². The van der Waals surface area contributed by atoms with E-state index in [2.05, 4.69) is 5.32 Å². The minimum absolute atomic E-state index is 0.163. The van der Waals surface area contributed by atoms with Gasteiger partial charge in [-0.1, -0.05) is 0 Å². The van der Waals surface area contributed by atoms with Gasteiger partial charge >= 0.3 is 0 Å². The molecule has 0 fully saturated rings. The van der Waals surface area contributed by atoms with Gasteiger partial charge in [0, 0.05) is 12.3 Å². The summed E-state index contributed by atoms with van der Waals surface area (Å²) in [5.41, 5.74) is -0.496. The highest BCUT2D eigenvalue weighted by Crippen LogP contribution is 2.19. The van der Waals surface area contributed by atoms with Gasteiger partial charge in [0.1, 0.15) is 0 Å². The van der Waals surface area contributed by atoms with Crippen LogP contribution in [0.2, 0.25) is 0 Å². The average molecular weight is 309 g/mol. The topological polar surface area (TPSA) is 58.2 Å². The van der Waals surface area contributed by atoms with Crippen molar-refractivity contribution in [2.45, 2.75) is 12.8 Å². The molecule has 0 atom stereocenters. The minimum Gasteiger partial charge on any atom is -0.347 e. The molecule has 1 aromatic rings. The Morgan fingerprint density at radius 3 is 2.45 bits per heavy atom. The van der Waals surface area contributed by atoms with E-state index >= 15 is 0 Å². The van der Waals surface area contributed by atoms with Gasteiger partial charge in [0.25, 0.3) is 0 Å². The maximum atomic E-state index is 13.3. The Kier molecular flexibility index (Phi) is 6.30. The third kappa shape index (κ3) is 4.73. The first-order valence-corrected chi connectivity index (χ1v) is 6.25. The molecule has 0 unspecified atom stereocenters. The lowest BCUT2D eigenvalue weighted by atomic mass is 10.2. The summed E-state index contributed by atoms with van der Waals surface area (Å²) in [5, 5.41) is 4.31. The molecule has 4 nitrogen and oxygen atoms in total. The van der Waals surface area contributed by atoms with Crippen LogP contribution in [0.4, 0.5) is 18.9 Å². The number of nitrogens with one attached hydrogen (secondary N) is 2. The van der Waals surface area contributed by atoms with Crippen LogP contribution in [0, 0.1) is 17.5 Å². The molecule has 2 amide bonds. The Labute approximate surface area is 118 Å². The number of carbonyl (C=O) groups is 2. The first-order valence-electron chi connectivity index (χ1n) is 5.71. The van der Waals surface area contributed by atoms with Crippen molar-refractivity contribution in [1.29, 1.82) is 0 Å². The van der Waals surface area contributed by atoms with E-state index in [1.54, 1.807) is 0 Å². The summed E-state index contributed by atoms with van der Waals surface area (Å²) in [7, 11) is 0. The standard InChI is InChI=1S/C12H12ClF3N2O2/c13-5-1-2-9(19)17-6-10(20)18-8-4-3-7(14)11(15)12(8)16/h3-4H,1-2,5-6H2,(H,17,19)(H,18,20). The molecule has 0 bridgehead atoms. The molecule has 0 radical (unpaired) electrons. The highest BCUT2D eigenvalue weighted by molar-refractivity contribution is 6.17. The van der Waals surface area contributed by atoms with Crippen LogP contribution in [0.15, 0.2) is 12.1 Å². The molecule has 0 aliphatic heterocycles. The van der Waals surface area contributed by atoms with Gasteiger partial charge in [0.05, 0.1) is 12.2 Å². The fourth-order valence-corrected chi connectivity index (χ4v) is 1.45. The number of hydrogen-bond acceptors (Lipinski definition) is 2. The second kappa shape index (κ2) is 7.74. The molecule has 1 rings (SSSR count). The number of carbonyl (C=O) groups excluding carboxylic acids is 2. The molecule has 0 aromatic heterocycles. The van der Waals surface area contributed by atoms with Crippen molar-refractivity contribution in [1.82, 2.24) is 5.32 Å². The van der Waals surface area contributed by atoms with E-state index in [9.17, 15) is 22.8 Å². The lowest BCUT2D eigenvalue weighted by Crippen LogP contribution is -2.33. The van der Waals surface area contributed by atoms with E-state index in [1.165, 1.54) is 0 Å². The smallest absolute Gasteiger partial charge is 0.243 e. The number of alkyl halides is 1. The Balaban J connectivity index is 2.51. The summed E-state index contributed by atoms with van der Waals surface area (Å²) in [6, 6.07) is 1.58. The van der Waals surface area contributed by atoms with Crippen molar-refractivity contribution in [3.63, 3.8) is 0 Å². The van der Waals surface area contributed by atoms with E-state index in [0.717, 1.165) is 6.07 Å². The third-order valence-corrected chi connectivity index (χ3v) is 2.56. The zero-order chi connectivity index (χ0) is 15.1. The normalized spacial score (nSPS) is 10.2. The van der Waals surface area contributed by atoms with Gasteiger partial charge in [-0.3, -0.25) is 9.59 Å². The summed E-state index contributed by atoms with van der Waals surface area (Å²) >= 11 is 5.39. The molecule has 0 aliphatic carbocycles. The van der Waals surface area contributed by atoms with Crippen molar-refractivity contribution >= 4 is 29.1 Å². The van der Waals surface area contributed by atoms with Crippen LogP contribution in [0.3, 0.4) is 0 Å². The molecule has 0 heterocycles. The summed E-state index contributed by atoms with van der Waals surface area (Å²) in [4.78, 5) is 22.6. The second-order valence-corrected chi connectivity index (χ2v) is 4.22. The summed E-state index contributed by atoms with van der Waals surface area (Å²) < 4.78 is 38.8. The Morgan fingerprint density at radius 1 is 1.10 bits per heavy atom. The average Bonchev–Trinajstić information content (AvgIpc) is 2.43. The van der Waals surface area contributed by atoms with Crippen molar-refractivity contribution in [3.8, 4) is 0 Å². The molecule has 2 N–H and O–H groups in total. The molecule has 0 aliphatic rings. The molecule has 0 saturated carbocycles. The number of anilines is 1. The van der Waals surface area contributed by atoms with E-state index in [-0.39, 0.29) is 12.3 Å². The molecular formula is C12H12ClF3N2O2. The van der Waals surface area contributed by atoms with E-state index in [1.807, 2.05) is 5.32 Å². The predicted molar refractivity (Wildman–Crippen MR) is 67.9 cm³/mol. The molecular weight excluding hydrogens is 297 g/mol. The van der Waals surface area contributed by atoms with Crippen LogP contribution >= 0.6 is 11.6 Å². The highest BCUT2D eigenvalue weighted by Gasteiger charge is 2.15. The highest BCUT2D eigenvalue weighted by atomic mass is 35.5. The predicted octanol–water partition coefficient (Wildman–Crippen LogP) is 2.18. The summed E-state index contributed by atoms with van der Waals surface area (Å²) in [5.74, 6) is -5.34. The van der Waals surface area contributed by atoms with Gasteiger partial charge in [0.15, 0.2) is 17.5 Å². The maximum Gasteiger partial charge on any atom is 0.243 e. The van der Waals surface area contributed by atoms with Crippen LogP contribution in [0.1, 0.15) is 12.8 Å². The van der Waals surface area contributed by atoms with Crippen molar-refractivity contribution in [2.75, 3.05) is 17.7 Å². The van der Waals surface area contributed by atoms with Crippen LogP contribution < -0.4 is 10.6 Å². The number of hydrogen-bond donors (Lipinski definition) is 2. The fraction of sp³-hybridized carbons (Fsp3) is 0.333. The summed E-state index contributed by atoms with van der Waals surface area (Å²) in [6.45, 7) is -0.403. The zero-order valence-electron chi connectivity index (χ0n) is 10.3. The van der Waals surface area contributed by atoms with Gasteiger partial charge in [0.2, 0.25) is 11.8 Å². The zero-order valence-corrected chi connectivity index (χ0v) is 11.1. The number of benzene rings is 1. The molecule has 0 spiro atoms. The maximum absolute atomic E-state index is 13.3. The Bertz CT molecular complexity index is 512. The largest absolute Gasteiger partial charge is 0.347 e. The fourth-order valence-electron chi connectivity index (χ4n) is 1.31. The number of halogens is 4. The lowest BCUT2D eigenvalue weighted by molar-refractivity contribution is -0.124. The van der Waals surface area contributed by atoms with Crippen LogP contribution in [-0.2, 0) is 9.59 Å². The molecule has 110 valence electrons. The quantitative estimate of drug-likeness (QED) is 0.625. The Hall–Kier alpha value is -1.76. The van der Waals surface area contributed by atoms with Crippen molar-refractivity contribution in [2.24, 2.45) is 0 Å². The third-order valence-electron chi connectivity index (χ3n) is 2.29. The summed E-state index contributed by atoms with van der Waals surface area (Å²) in [6.07, 6.45) is 0.628. The number of amides is 2. The van der Waals surface area contributed by atoms with Crippen LogP contribution in [0.25, 0.3) is 0 Å². The second-order valence-electron chi connectivity index (χ2n) is 3.84. The van der Waals surface area contributed by atoms with Crippen LogP contribution in [-0.4, -0.2) is 24.2 Å². The first-order chi connectivity index (χ1) is 9.45. The first kappa shape index (κ1) is 16.3. The minimum atomic E-state index is -1.67. The van der Waals surface area contributed by atoms with Gasteiger partial charge < -0.3 is 10.6 Å². The van der Waals surface area contributed by atoms with Gasteiger partial charge in [-0.05, 0) is 18.6 Å². The number of rotatable bonds is 6. The van der Waals surface area contributed by atoms with Gasteiger partial charge in [-0.15, -0.1) is 11.6 Å². The Morgan fingerprint density at radius 2 is 1.80 bits per heavy atom. The molecule has 0 saturated heterocycles. The van der Waals surface area contributed by atoms with Gasteiger partial charge in [-0.2, -0.15) is 0 Å². The molecule has 20 heavy (non-hydrogen) atoms. The van der Waals surface area contributed by atoms with E-state index < -0.39 is 35.6 Å². The monoisotopic (exact) mass is 308 g/mol. The van der Waals surface area contributed by atoms with Gasteiger partial charge in [-0.25, -0.2) is 13.2 Å². The SMILES string of the molecule is O=C(CCCCl)NCC(=O)Nc1ccc(F)c(F)c1F. The molecule has 1 aromatic carbocycles. The van der Waals surface area contributed by atoms with Crippen molar-refractivity contribution in [3.05, 3.63) is 29.6 Å². The van der Waals surface area contributed by atoms with Crippen molar-refractivity contribution < 1.29 is 22.8 Å². The van der Waals surface area contributed by atoms with Crippen LogP contribution in [0.5, 0.6) is 0 Å². The van der Waals surface area contributed by atoms with E-state index in [4.69, 9.17) is 11.6 Å².